The van der Waals surface area contributed by atoms with Gasteiger partial charge in [0.05, 0.1) is 24.0 Å². The first-order chi connectivity index (χ1) is 13.1. The lowest BCUT2D eigenvalue weighted by atomic mass is 9.78. The van der Waals surface area contributed by atoms with Crippen LogP contribution in [0.1, 0.15) is 50.5 Å². The number of piperidine rings is 1. The summed E-state index contributed by atoms with van der Waals surface area (Å²) in [4.78, 5) is 17.9. The summed E-state index contributed by atoms with van der Waals surface area (Å²) in [7, 11) is 0. The molecule has 1 amide bonds. The summed E-state index contributed by atoms with van der Waals surface area (Å²) in [6.07, 6.45) is 6.76. The van der Waals surface area contributed by atoms with Crippen molar-refractivity contribution in [1.82, 2.24) is 4.90 Å². The molecule has 0 aromatic heterocycles. The maximum absolute atomic E-state index is 13.4. The minimum Gasteiger partial charge on any atom is -0.393 e. The summed E-state index contributed by atoms with van der Waals surface area (Å²) >= 11 is 0. The van der Waals surface area contributed by atoms with Gasteiger partial charge < -0.3 is 14.9 Å². The van der Waals surface area contributed by atoms with Crippen LogP contribution in [0.2, 0.25) is 0 Å². The Balaban J connectivity index is 1.45. The van der Waals surface area contributed by atoms with Gasteiger partial charge in [-0.05, 0) is 62.6 Å². The van der Waals surface area contributed by atoms with Crippen LogP contribution in [-0.2, 0) is 11.2 Å². The Morgan fingerprint density at radius 2 is 1.85 bits per heavy atom. The minimum absolute atomic E-state index is 0.179. The molecule has 3 fully saturated rings. The second kappa shape index (κ2) is 7.52. The topological polar surface area (TPSA) is 67.6 Å². The lowest BCUT2D eigenvalue weighted by Crippen LogP contribution is -2.50. The molecular weight excluding hydrogens is 338 g/mol. The molecule has 3 aliphatic rings. The molecule has 4 rings (SSSR count). The van der Waals surface area contributed by atoms with Crippen LogP contribution in [0.15, 0.2) is 24.3 Å². The number of anilines is 1. The Hall–Kier alpha value is -2.06. The lowest BCUT2D eigenvalue weighted by molar-refractivity contribution is -0.139. The fourth-order valence-corrected chi connectivity index (χ4v) is 5.21. The van der Waals surface area contributed by atoms with E-state index in [1.54, 1.807) is 0 Å². The predicted octanol–water partition coefficient (Wildman–Crippen LogP) is 2.88. The molecule has 1 aromatic carbocycles. The van der Waals surface area contributed by atoms with Gasteiger partial charge in [-0.2, -0.15) is 5.26 Å². The Morgan fingerprint density at radius 3 is 2.56 bits per heavy atom. The molecule has 0 unspecified atom stereocenters. The van der Waals surface area contributed by atoms with Crippen LogP contribution < -0.4 is 4.90 Å². The zero-order valence-electron chi connectivity index (χ0n) is 15.9. The lowest BCUT2D eigenvalue weighted by Gasteiger charge is -2.41. The third-order valence-corrected chi connectivity index (χ3v) is 6.81. The number of aliphatic hydroxyl groups is 1. The van der Waals surface area contributed by atoms with Gasteiger partial charge in [-0.1, -0.05) is 12.1 Å². The molecule has 1 atom stereocenters. The van der Waals surface area contributed by atoms with E-state index in [4.69, 9.17) is 5.26 Å². The number of carbonyl (C=O) groups excluding carboxylic acids is 1. The number of aliphatic hydroxyl groups excluding tert-OH is 1. The molecule has 2 aliphatic heterocycles. The van der Waals surface area contributed by atoms with Gasteiger partial charge in [0.2, 0.25) is 5.91 Å². The highest BCUT2D eigenvalue weighted by Gasteiger charge is 2.50. The molecule has 2 saturated heterocycles. The summed E-state index contributed by atoms with van der Waals surface area (Å²) in [5, 5.41) is 18.6. The zero-order valence-corrected chi connectivity index (χ0v) is 15.9. The van der Waals surface area contributed by atoms with E-state index in [2.05, 4.69) is 28.0 Å². The number of nitrogens with zero attached hydrogens (tertiary/aromatic N) is 3. The van der Waals surface area contributed by atoms with Crippen LogP contribution in [0.25, 0.3) is 0 Å². The van der Waals surface area contributed by atoms with Crippen molar-refractivity contribution >= 4 is 11.6 Å². The molecule has 0 bridgehead atoms. The maximum Gasteiger partial charge on any atom is 0.230 e. The first-order valence-electron chi connectivity index (χ1n) is 10.3. The van der Waals surface area contributed by atoms with E-state index >= 15 is 0 Å². The molecule has 1 N–H and O–H groups in total. The zero-order chi connectivity index (χ0) is 18.9. The van der Waals surface area contributed by atoms with Crippen molar-refractivity contribution in [2.24, 2.45) is 5.41 Å². The standard InChI is InChI=1S/C22H29N3O2/c23-13-10-17-2-4-18(5-3-17)24-14-1-11-22(16-24)12-15-25(21(22)27)19-6-8-20(26)9-7-19/h2-5,19-20,26H,1,6-12,14-16H2/t19-,20-,22-/m1/s1. The van der Waals surface area contributed by atoms with Crippen LogP contribution in [0.4, 0.5) is 5.69 Å². The van der Waals surface area contributed by atoms with E-state index in [1.807, 2.05) is 12.1 Å². The number of hydrogen-bond acceptors (Lipinski definition) is 4. The van der Waals surface area contributed by atoms with E-state index in [9.17, 15) is 9.90 Å². The number of benzene rings is 1. The van der Waals surface area contributed by atoms with E-state index in [0.29, 0.717) is 18.4 Å². The van der Waals surface area contributed by atoms with Crippen LogP contribution in [0.5, 0.6) is 0 Å². The van der Waals surface area contributed by atoms with Gasteiger partial charge in [0.15, 0.2) is 0 Å². The molecule has 1 spiro atoms. The molecule has 1 aromatic rings. The Morgan fingerprint density at radius 1 is 1.11 bits per heavy atom. The summed E-state index contributed by atoms with van der Waals surface area (Å²) < 4.78 is 0. The fraction of sp³-hybridized carbons (Fsp3) is 0.636. The van der Waals surface area contributed by atoms with Gasteiger partial charge in [0.25, 0.3) is 0 Å². The van der Waals surface area contributed by atoms with Crippen molar-refractivity contribution in [1.29, 1.82) is 5.26 Å². The first kappa shape index (κ1) is 18.3. The van der Waals surface area contributed by atoms with Crippen molar-refractivity contribution in [3.05, 3.63) is 29.8 Å². The van der Waals surface area contributed by atoms with Crippen molar-refractivity contribution in [3.63, 3.8) is 0 Å². The minimum atomic E-state index is -0.236. The highest BCUT2D eigenvalue weighted by Crippen LogP contribution is 2.43. The second-order valence-corrected chi connectivity index (χ2v) is 8.52. The quantitative estimate of drug-likeness (QED) is 0.892. The molecule has 144 valence electrons. The Bertz CT molecular complexity index is 718. The van der Waals surface area contributed by atoms with Gasteiger partial charge in [-0.3, -0.25) is 4.79 Å². The van der Waals surface area contributed by atoms with E-state index in [0.717, 1.165) is 75.8 Å². The van der Waals surface area contributed by atoms with Crippen molar-refractivity contribution in [2.75, 3.05) is 24.5 Å². The molecule has 1 aliphatic carbocycles. The highest BCUT2D eigenvalue weighted by atomic mass is 16.3. The first-order valence-corrected chi connectivity index (χ1v) is 10.3. The Kier molecular flexibility index (Phi) is 5.10. The predicted molar refractivity (Wildman–Crippen MR) is 104 cm³/mol. The van der Waals surface area contributed by atoms with Crippen LogP contribution in [0.3, 0.4) is 0 Å². The summed E-state index contributed by atoms with van der Waals surface area (Å²) in [6.45, 7) is 2.66. The largest absolute Gasteiger partial charge is 0.393 e. The third-order valence-electron chi connectivity index (χ3n) is 6.81. The van der Waals surface area contributed by atoms with Gasteiger partial charge in [0, 0.05) is 31.4 Å². The van der Waals surface area contributed by atoms with Gasteiger partial charge in [0.1, 0.15) is 0 Å². The number of hydrogen-bond donors (Lipinski definition) is 1. The van der Waals surface area contributed by atoms with Crippen molar-refractivity contribution < 1.29 is 9.90 Å². The summed E-state index contributed by atoms with van der Waals surface area (Å²) in [5.41, 5.74) is 1.96. The molecule has 0 radical (unpaired) electrons. The van der Waals surface area contributed by atoms with E-state index < -0.39 is 0 Å². The average Bonchev–Trinajstić information content (AvgIpc) is 2.99. The number of carbonyl (C=O) groups is 1. The fourth-order valence-electron chi connectivity index (χ4n) is 5.21. The smallest absolute Gasteiger partial charge is 0.230 e. The summed E-state index contributed by atoms with van der Waals surface area (Å²) in [6, 6.07) is 10.7. The highest BCUT2D eigenvalue weighted by molar-refractivity contribution is 5.86. The molecule has 2 heterocycles. The van der Waals surface area contributed by atoms with E-state index in [-0.39, 0.29) is 11.5 Å². The second-order valence-electron chi connectivity index (χ2n) is 8.52. The number of likely N-dealkylation sites (tertiary alicyclic amines) is 1. The van der Waals surface area contributed by atoms with Gasteiger partial charge in [-0.25, -0.2) is 0 Å². The maximum atomic E-state index is 13.4. The van der Waals surface area contributed by atoms with Crippen LogP contribution in [-0.4, -0.2) is 47.7 Å². The number of amides is 1. The number of rotatable bonds is 3. The molecule has 1 saturated carbocycles. The normalized spacial score (nSPS) is 31.3. The molecule has 5 nitrogen and oxygen atoms in total. The third kappa shape index (κ3) is 3.55. The van der Waals surface area contributed by atoms with Gasteiger partial charge in [-0.15, -0.1) is 0 Å². The SMILES string of the molecule is N#CCc1ccc(N2CCC[C@@]3(CCN([C@H]4CC[C@H](O)CC4)C3=O)C2)cc1. The molecular formula is C22H29N3O2. The van der Waals surface area contributed by atoms with Gasteiger partial charge >= 0.3 is 0 Å². The number of nitriles is 1. The molecule has 27 heavy (non-hydrogen) atoms. The van der Waals surface area contributed by atoms with Crippen molar-refractivity contribution in [3.8, 4) is 6.07 Å². The van der Waals surface area contributed by atoms with Crippen LogP contribution in [0, 0.1) is 16.7 Å². The Labute approximate surface area is 161 Å². The summed E-state index contributed by atoms with van der Waals surface area (Å²) in [5.74, 6) is 0.342. The molecule has 5 heteroatoms. The average molecular weight is 367 g/mol. The van der Waals surface area contributed by atoms with E-state index in [1.165, 1.54) is 0 Å². The van der Waals surface area contributed by atoms with Crippen LogP contribution >= 0.6 is 0 Å². The van der Waals surface area contributed by atoms with Crippen molar-refractivity contribution in [2.45, 2.75) is 63.5 Å². The monoisotopic (exact) mass is 367 g/mol.